The van der Waals surface area contributed by atoms with Crippen LogP contribution in [0.3, 0.4) is 0 Å². The van der Waals surface area contributed by atoms with Crippen molar-refractivity contribution >= 4 is 0 Å². The van der Waals surface area contributed by atoms with Gasteiger partial charge in [0.05, 0.1) is 0 Å². The summed E-state index contributed by atoms with van der Waals surface area (Å²) >= 11 is 0. The van der Waals surface area contributed by atoms with Gasteiger partial charge in [-0.05, 0) is 50.4 Å². The zero-order chi connectivity index (χ0) is 12.1. The van der Waals surface area contributed by atoms with Crippen LogP contribution in [0, 0.1) is 5.92 Å². The minimum Gasteiger partial charge on any atom is -0.317 e. The Bertz CT molecular complexity index is 335. The van der Waals surface area contributed by atoms with E-state index in [0.29, 0.717) is 12.3 Å². The SMILES string of the molecule is FC(F)(CCC1CCNCC1)c1ccncc1. The molecule has 2 nitrogen and oxygen atoms in total. The van der Waals surface area contributed by atoms with Gasteiger partial charge in [0, 0.05) is 24.4 Å². The van der Waals surface area contributed by atoms with E-state index in [4.69, 9.17) is 0 Å². The van der Waals surface area contributed by atoms with Crippen LogP contribution in [0.5, 0.6) is 0 Å². The zero-order valence-electron chi connectivity index (χ0n) is 9.83. The molecule has 1 aliphatic rings. The Labute approximate surface area is 100 Å². The molecule has 1 fully saturated rings. The lowest BCUT2D eigenvalue weighted by molar-refractivity contribution is -0.0203. The van der Waals surface area contributed by atoms with Crippen LogP contribution in [-0.4, -0.2) is 18.1 Å². The Hall–Kier alpha value is -1.03. The molecule has 0 aliphatic carbocycles. The first-order valence-electron chi connectivity index (χ1n) is 6.17. The van der Waals surface area contributed by atoms with E-state index in [0.717, 1.165) is 25.9 Å². The van der Waals surface area contributed by atoms with E-state index < -0.39 is 5.92 Å². The lowest BCUT2D eigenvalue weighted by Crippen LogP contribution is -2.28. The molecule has 0 amide bonds. The minimum absolute atomic E-state index is 0.0539. The summed E-state index contributed by atoms with van der Waals surface area (Å²) in [6.07, 6.45) is 5.44. The second kappa shape index (κ2) is 5.54. The normalized spacial score (nSPS) is 18.2. The predicted octanol–water partition coefficient (Wildman–Crippen LogP) is 2.95. The fourth-order valence-corrected chi connectivity index (χ4v) is 2.30. The molecule has 0 saturated carbocycles. The van der Waals surface area contributed by atoms with Crippen molar-refractivity contribution in [3.63, 3.8) is 0 Å². The van der Waals surface area contributed by atoms with Gasteiger partial charge in [-0.2, -0.15) is 0 Å². The number of nitrogens with one attached hydrogen (secondary N) is 1. The molecule has 1 aliphatic heterocycles. The van der Waals surface area contributed by atoms with Gasteiger partial charge in [-0.25, -0.2) is 8.78 Å². The predicted molar refractivity (Wildman–Crippen MR) is 63.0 cm³/mol. The van der Waals surface area contributed by atoms with Gasteiger partial charge < -0.3 is 5.32 Å². The van der Waals surface area contributed by atoms with E-state index in [-0.39, 0.29) is 12.0 Å². The van der Waals surface area contributed by atoms with Crippen LogP contribution in [-0.2, 0) is 5.92 Å². The Morgan fingerprint density at radius 2 is 1.88 bits per heavy atom. The van der Waals surface area contributed by atoms with Crippen LogP contribution in [0.25, 0.3) is 0 Å². The first-order valence-corrected chi connectivity index (χ1v) is 6.17. The van der Waals surface area contributed by atoms with Crippen molar-refractivity contribution in [3.05, 3.63) is 30.1 Å². The number of aromatic nitrogens is 1. The van der Waals surface area contributed by atoms with Crippen LogP contribution in [0.4, 0.5) is 8.78 Å². The topological polar surface area (TPSA) is 24.9 Å². The highest BCUT2D eigenvalue weighted by Crippen LogP contribution is 2.34. The van der Waals surface area contributed by atoms with E-state index >= 15 is 0 Å². The highest BCUT2D eigenvalue weighted by atomic mass is 19.3. The quantitative estimate of drug-likeness (QED) is 0.875. The van der Waals surface area contributed by atoms with Crippen molar-refractivity contribution in [3.8, 4) is 0 Å². The molecule has 1 saturated heterocycles. The second-order valence-corrected chi connectivity index (χ2v) is 4.67. The van der Waals surface area contributed by atoms with Gasteiger partial charge >= 0.3 is 0 Å². The lowest BCUT2D eigenvalue weighted by Gasteiger charge is -2.25. The summed E-state index contributed by atoms with van der Waals surface area (Å²) in [4.78, 5) is 3.77. The number of hydrogen-bond acceptors (Lipinski definition) is 2. The van der Waals surface area contributed by atoms with E-state index in [1.165, 1.54) is 24.5 Å². The number of alkyl halides is 2. The van der Waals surface area contributed by atoms with Gasteiger partial charge in [-0.1, -0.05) is 0 Å². The third-order valence-corrected chi connectivity index (χ3v) is 3.43. The number of nitrogens with zero attached hydrogens (tertiary/aromatic N) is 1. The molecule has 1 aromatic rings. The molecule has 0 atom stereocenters. The van der Waals surface area contributed by atoms with Crippen molar-refractivity contribution in [2.75, 3.05) is 13.1 Å². The van der Waals surface area contributed by atoms with Crippen molar-refractivity contribution in [2.45, 2.75) is 31.6 Å². The Morgan fingerprint density at radius 1 is 1.24 bits per heavy atom. The average Bonchev–Trinajstić information content (AvgIpc) is 2.39. The van der Waals surface area contributed by atoms with E-state index in [9.17, 15) is 8.78 Å². The fraction of sp³-hybridized carbons (Fsp3) is 0.615. The molecule has 1 aromatic heterocycles. The number of hydrogen-bond donors (Lipinski definition) is 1. The number of halogens is 2. The third-order valence-electron chi connectivity index (χ3n) is 3.43. The summed E-state index contributed by atoms with van der Waals surface area (Å²) in [5.41, 5.74) is 0.0847. The number of piperidine rings is 1. The molecular formula is C13H18F2N2. The van der Waals surface area contributed by atoms with Gasteiger partial charge in [0.2, 0.25) is 0 Å². The fourth-order valence-electron chi connectivity index (χ4n) is 2.30. The van der Waals surface area contributed by atoms with Crippen LogP contribution in [0.1, 0.15) is 31.2 Å². The van der Waals surface area contributed by atoms with Crippen molar-refractivity contribution in [2.24, 2.45) is 5.92 Å². The first-order chi connectivity index (χ1) is 8.18. The van der Waals surface area contributed by atoms with Gasteiger partial charge in [-0.15, -0.1) is 0 Å². The minimum atomic E-state index is -2.71. The van der Waals surface area contributed by atoms with Crippen LogP contribution in [0.15, 0.2) is 24.5 Å². The summed E-state index contributed by atoms with van der Waals surface area (Å²) in [5.74, 6) is -2.27. The molecule has 0 aromatic carbocycles. The summed E-state index contributed by atoms with van der Waals surface area (Å²) < 4.78 is 27.7. The molecule has 2 heterocycles. The highest BCUT2D eigenvalue weighted by molar-refractivity contribution is 5.16. The number of rotatable bonds is 4. The highest BCUT2D eigenvalue weighted by Gasteiger charge is 2.32. The Kier molecular flexibility index (Phi) is 4.05. The van der Waals surface area contributed by atoms with E-state index in [1.807, 2.05) is 0 Å². The second-order valence-electron chi connectivity index (χ2n) is 4.67. The Morgan fingerprint density at radius 3 is 2.53 bits per heavy atom. The molecular weight excluding hydrogens is 222 g/mol. The molecule has 0 radical (unpaired) electrons. The molecule has 1 N–H and O–H groups in total. The van der Waals surface area contributed by atoms with Crippen molar-refractivity contribution in [1.82, 2.24) is 10.3 Å². The van der Waals surface area contributed by atoms with E-state index in [2.05, 4.69) is 10.3 Å². The summed E-state index contributed by atoms with van der Waals surface area (Å²) in [5, 5.41) is 3.25. The molecule has 17 heavy (non-hydrogen) atoms. The largest absolute Gasteiger partial charge is 0.317 e. The standard InChI is InChI=1S/C13H18F2N2/c14-13(15,12-4-9-17-10-5-12)6-1-11-2-7-16-8-3-11/h4-5,9-11,16H,1-3,6-8H2. The number of pyridine rings is 1. The molecule has 2 rings (SSSR count). The zero-order valence-corrected chi connectivity index (χ0v) is 9.83. The van der Waals surface area contributed by atoms with Crippen molar-refractivity contribution in [1.29, 1.82) is 0 Å². The average molecular weight is 240 g/mol. The molecule has 0 bridgehead atoms. The maximum atomic E-state index is 13.9. The molecule has 0 unspecified atom stereocenters. The Balaban J connectivity index is 1.88. The smallest absolute Gasteiger partial charge is 0.273 e. The monoisotopic (exact) mass is 240 g/mol. The van der Waals surface area contributed by atoms with Crippen LogP contribution >= 0.6 is 0 Å². The molecule has 0 spiro atoms. The van der Waals surface area contributed by atoms with Crippen LogP contribution < -0.4 is 5.32 Å². The van der Waals surface area contributed by atoms with Gasteiger partial charge in [0.1, 0.15) is 0 Å². The summed E-state index contributed by atoms with van der Waals surface area (Å²) in [7, 11) is 0. The molecule has 4 heteroatoms. The summed E-state index contributed by atoms with van der Waals surface area (Å²) in [6.45, 7) is 1.93. The van der Waals surface area contributed by atoms with Gasteiger partial charge in [0.25, 0.3) is 5.92 Å². The van der Waals surface area contributed by atoms with Gasteiger partial charge in [-0.3, -0.25) is 4.98 Å². The third kappa shape index (κ3) is 3.46. The lowest BCUT2D eigenvalue weighted by atomic mass is 9.90. The van der Waals surface area contributed by atoms with Crippen molar-refractivity contribution < 1.29 is 8.78 Å². The van der Waals surface area contributed by atoms with Gasteiger partial charge in [0.15, 0.2) is 0 Å². The maximum Gasteiger partial charge on any atom is 0.273 e. The van der Waals surface area contributed by atoms with E-state index in [1.54, 1.807) is 0 Å². The first kappa shape index (κ1) is 12.4. The maximum absolute atomic E-state index is 13.9. The van der Waals surface area contributed by atoms with Crippen LogP contribution in [0.2, 0.25) is 0 Å². The summed E-state index contributed by atoms with van der Waals surface area (Å²) in [6, 6.07) is 2.81. The molecule has 94 valence electrons.